The SMILES string of the molecule is C=CC(=O)OCCN(S)S. The number of carbonyl (C=O) groups excluding carboxylic acids is 1. The number of thiol groups is 2. The van der Waals surface area contributed by atoms with Gasteiger partial charge in [-0.05, 0) is 0 Å². The second-order valence-corrected chi connectivity index (χ2v) is 2.75. The van der Waals surface area contributed by atoms with Gasteiger partial charge in [0, 0.05) is 6.08 Å². The molecule has 58 valence electrons. The molecule has 0 radical (unpaired) electrons. The second kappa shape index (κ2) is 5.64. The molecule has 0 heterocycles. The van der Waals surface area contributed by atoms with E-state index in [1.807, 2.05) is 0 Å². The van der Waals surface area contributed by atoms with Gasteiger partial charge in [0.15, 0.2) is 0 Å². The van der Waals surface area contributed by atoms with E-state index in [1.165, 1.54) is 3.71 Å². The molecule has 0 aromatic carbocycles. The monoisotopic (exact) mass is 179 g/mol. The maximum absolute atomic E-state index is 10.4. The molecule has 0 rings (SSSR count). The molecule has 3 nitrogen and oxygen atoms in total. The van der Waals surface area contributed by atoms with Crippen molar-refractivity contribution in [2.45, 2.75) is 0 Å². The highest BCUT2D eigenvalue weighted by Gasteiger charge is 1.95. The van der Waals surface area contributed by atoms with Crippen molar-refractivity contribution in [3.8, 4) is 0 Å². The van der Waals surface area contributed by atoms with E-state index in [2.05, 4.69) is 36.9 Å². The number of esters is 1. The molecule has 0 aromatic rings. The summed E-state index contributed by atoms with van der Waals surface area (Å²) in [7, 11) is 0. The van der Waals surface area contributed by atoms with Crippen LogP contribution in [0, 0.1) is 0 Å². The smallest absolute Gasteiger partial charge is 0.330 e. The summed E-state index contributed by atoms with van der Waals surface area (Å²) in [6.45, 7) is 3.99. The summed E-state index contributed by atoms with van der Waals surface area (Å²) in [5, 5.41) is 0. The van der Waals surface area contributed by atoms with Crippen molar-refractivity contribution in [3.05, 3.63) is 12.7 Å². The number of nitrogens with zero attached hydrogens (tertiary/aromatic N) is 1. The Balaban J connectivity index is 3.19. The Labute approximate surface area is 71.1 Å². The Kier molecular flexibility index (Phi) is 5.57. The first kappa shape index (κ1) is 9.87. The fourth-order valence-electron chi connectivity index (χ4n) is 0.287. The van der Waals surface area contributed by atoms with E-state index < -0.39 is 5.97 Å². The van der Waals surface area contributed by atoms with E-state index in [-0.39, 0.29) is 6.61 Å². The van der Waals surface area contributed by atoms with Gasteiger partial charge >= 0.3 is 5.97 Å². The van der Waals surface area contributed by atoms with Gasteiger partial charge in [0.25, 0.3) is 0 Å². The highest BCUT2D eigenvalue weighted by atomic mass is 32.2. The van der Waals surface area contributed by atoms with Gasteiger partial charge in [-0.2, -0.15) is 3.71 Å². The van der Waals surface area contributed by atoms with Crippen LogP contribution in [0.15, 0.2) is 12.7 Å². The molecule has 5 heteroatoms. The quantitative estimate of drug-likeness (QED) is 0.378. The van der Waals surface area contributed by atoms with Crippen molar-refractivity contribution < 1.29 is 9.53 Å². The number of ether oxygens (including phenoxy) is 1. The highest BCUT2D eigenvalue weighted by molar-refractivity contribution is 7.93. The van der Waals surface area contributed by atoms with Gasteiger partial charge in [-0.1, -0.05) is 32.2 Å². The van der Waals surface area contributed by atoms with Crippen LogP contribution < -0.4 is 0 Å². The van der Waals surface area contributed by atoms with Crippen molar-refractivity contribution in [2.24, 2.45) is 0 Å². The van der Waals surface area contributed by atoms with Crippen molar-refractivity contribution in [1.29, 1.82) is 0 Å². The molecule has 0 saturated heterocycles. The van der Waals surface area contributed by atoms with Crippen LogP contribution in [-0.4, -0.2) is 22.8 Å². The van der Waals surface area contributed by atoms with Crippen molar-refractivity contribution in [2.75, 3.05) is 13.2 Å². The zero-order chi connectivity index (χ0) is 7.98. The summed E-state index contributed by atoms with van der Waals surface area (Å²) in [6, 6.07) is 0. The third-order valence-corrected chi connectivity index (χ3v) is 1.10. The molecule has 0 aliphatic heterocycles. The highest BCUT2D eigenvalue weighted by Crippen LogP contribution is 1.95. The van der Waals surface area contributed by atoms with Crippen LogP contribution in [0.1, 0.15) is 0 Å². The molecule has 0 spiro atoms. The Morgan fingerprint density at radius 3 is 2.70 bits per heavy atom. The lowest BCUT2D eigenvalue weighted by Gasteiger charge is -2.05. The minimum absolute atomic E-state index is 0.276. The molecular formula is C5H9NO2S2. The number of carbonyl (C=O) groups is 1. The van der Waals surface area contributed by atoms with Crippen molar-refractivity contribution >= 4 is 31.6 Å². The van der Waals surface area contributed by atoms with Gasteiger partial charge in [-0.25, -0.2) is 4.79 Å². The van der Waals surface area contributed by atoms with Crippen molar-refractivity contribution in [1.82, 2.24) is 3.71 Å². The van der Waals surface area contributed by atoms with E-state index in [0.29, 0.717) is 6.54 Å². The second-order valence-electron chi connectivity index (χ2n) is 1.47. The van der Waals surface area contributed by atoms with Gasteiger partial charge in [0.2, 0.25) is 0 Å². The molecule has 10 heavy (non-hydrogen) atoms. The Hall–Kier alpha value is -0.130. The Morgan fingerprint density at radius 1 is 1.70 bits per heavy atom. The first-order valence-electron chi connectivity index (χ1n) is 2.61. The normalized spacial score (nSPS) is 9.50. The molecule has 0 aliphatic rings. The average molecular weight is 179 g/mol. The van der Waals surface area contributed by atoms with E-state index >= 15 is 0 Å². The summed E-state index contributed by atoms with van der Waals surface area (Å²) in [6.07, 6.45) is 1.11. The molecule has 0 aliphatic carbocycles. The lowest BCUT2D eigenvalue weighted by Crippen LogP contribution is -2.11. The van der Waals surface area contributed by atoms with Crippen LogP contribution in [0.4, 0.5) is 0 Å². The van der Waals surface area contributed by atoms with Crippen molar-refractivity contribution in [3.63, 3.8) is 0 Å². The summed E-state index contributed by atoms with van der Waals surface area (Å²) in [4.78, 5) is 10.4. The van der Waals surface area contributed by atoms with Crippen LogP contribution in [0.5, 0.6) is 0 Å². The third kappa shape index (κ3) is 6.00. The molecule has 0 fully saturated rings. The van der Waals surface area contributed by atoms with Gasteiger partial charge in [-0.3, -0.25) is 0 Å². The summed E-state index contributed by atoms with van der Waals surface area (Å²) in [5.41, 5.74) is 0. The number of hydrogen-bond donors (Lipinski definition) is 2. The standard InChI is InChI=1S/C5H9NO2S2/c1-2-5(7)8-4-3-6(9)10/h2,9-10H,1,3-4H2. The predicted octanol–water partition coefficient (Wildman–Crippen LogP) is 0.707. The molecule has 0 unspecified atom stereocenters. The maximum atomic E-state index is 10.4. The largest absolute Gasteiger partial charge is 0.461 e. The van der Waals surface area contributed by atoms with Gasteiger partial charge in [-0.15, -0.1) is 0 Å². The van der Waals surface area contributed by atoms with Crippen LogP contribution in [0.2, 0.25) is 0 Å². The molecule has 0 atom stereocenters. The van der Waals surface area contributed by atoms with Crippen LogP contribution in [-0.2, 0) is 9.53 Å². The first-order valence-corrected chi connectivity index (χ1v) is 3.41. The van der Waals surface area contributed by atoms with Crippen LogP contribution >= 0.6 is 25.6 Å². The zero-order valence-corrected chi connectivity index (χ0v) is 7.15. The minimum atomic E-state index is -0.427. The van der Waals surface area contributed by atoms with Gasteiger partial charge in [0.1, 0.15) is 6.61 Å². The molecule has 0 saturated carbocycles. The van der Waals surface area contributed by atoms with Gasteiger partial charge < -0.3 is 4.74 Å². The summed E-state index contributed by atoms with van der Waals surface area (Å²) < 4.78 is 5.94. The van der Waals surface area contributed by atoms with E-state index in [4.69, 9.17) is 0 Å². The fraction of sp³-hybridized carbons (Fsp3) is 0.400. The zero-order valence-electron chi connectivity index (χ0n) is 5.36. The number of hydrogen-bond acceptors (Lipinski definition) is 5. The summed E-state index contributed by atoms with van der Waals surface area (Å²) in [5.74, 6) is -0.427. The topological polar surface area (TPSA) is 29.5 Å². The minimum Gasteiger partial charge on any atom is -0.461 e. The fourth-order valence-corrected chi connectivity index (χ4v) is 0.450. The lowest BCUT2D eigenvalue weighted by atomic mass is 10.6. The lowest BCUT2D eigenvalue weighted by molar-refractivity contribution is -0.137. The first-order chi connectivity index (χ1) is 4.66. The summed E-state index contributed by atoms with van der Waals surface area (Å²) >= 11 is 7.62. The van der Waals surface area contributed by atoms with E-state index in [1.54, 1.807) is 0 Å². The number of rotatable bonds is 4. The van der Waals surface area contributed by atoms with Gasteiger partial charge in [0.05, 0.1) is 6.54 Å². The molecule has 0 bridgehead atoms. The van der Waals surface area contributed by atoms with Crippen LogP contribution in [0.25, 0.3) is 0 Å². The molecule has 0 aromatic heterocycles. The molecule has 0 N–H and O–H groups in total. The van der Waals surface area contributed by atoms with E-state index in [9.17, 15) is 4.79 Å². The maximum Gasteiger partial charge on any atom is 0.330 e. The van der Waals surface area contributed by atoms with Crippen LogP contribution in [0.3, 0.4) is 0 Å². The predicted molar refractivity (Wildman–Crippen MR) is 45.8 cm³/mol. The average Bonchev–Trinajstić information content (AvgIpc) is 1.87. The Morgan fingerprint density at radius 2 is 2.30 bits per heavy atom. The molecule has 0 amide bonds. The van der Waals surface area contributed by atoms with E-state index in [0.717, 1.165) is 6.08 Å². The molecular weight excluding hydrogens is 170 g/mol. The Bertz CT molecular complexity index is 127. The third-order valence-electron chi connectivity index (χ3n) is 0.702.